The van der Waals surface area contributed by atoms with Crippen LogP contribution < -0.4 is 0 Å². The van der Waals surface area contributed by atoms with Crippen LogP contribution >= 0.6 is 0 Å². The molecule has 0 spiro atoms. The molecule has 1 aromatic carbocycles. The maximum absolute atomic E-state index is 13.1. The van der Waals surface area contributed by atoms with Crippen LogP contribution in [0.2, 0.25) is 0 Å². The Morgan fingerprint density at radius 3 is 2.43 bits per heavy atom. The maximum atomic E-state index is 13.1. The predicted octanol–water partition coefficient (Wildman–Crippen LogP) is 2.69. The quantitative estimate of drug-likeness (QED) is 0.854. The molecule has 0 radical (unpaired) electrons. The SMILES string of the molecule is CCC1=NN(C(=O)c2ccc(F)cc2)[C@@](O)(C(F)(F)F)C1. The van der Waals surface area contributed by atoms with Gasteiger partial charge < -0.3 is 5.11 Å². The zero-order valence-electron chi connectivity index (χ0n) is 11.0. The molecule has 1 aromatic rings. The average Bonchev–Trinajstić information content (AvgIpc) is 2.77. The first-order valence-corrected chi connectivity index (χ1v) is 6.14. The fraction of sp³-hybridized carbons (Fsp3) is 0.385. The number of carbonyl (C=O) groups excluding carboxylic acids is 1. The summed E-state index contributed by atoms with van der Waals surface area (Å²) in [6.07, 6.45) is -5.67. The minimum absolute atomic E-state index is 0.0269. The largest absolute Gasteiger partial charge is 0.438 e. The molecule has 0 fully saturated rings. The minimum Gasteiger partial charge on any atom is -0.362 e. The minimum atomic E-state index is -5.05. The molecule has 1 atom stereocenters. The Hall–Kier alpha value is -1.96. The van der Waals surface area contributed by atoms with Crippen LogP contribution in [0.3, 0.4) is 0 Å². The molecule has 0 unspecified atom stereocenters. The molecule has 1 N–H and O–H groups in total. The van der Waals surface area contributed by atoms with E-state index < -0.39 is 30.0 Å². The monoisotopic (exact) mass is 304 g/mol. The number of hydrogen-bond donors (Lipinski definition) is 1. The van der Waals surface area contributed by atoms with Gasteiger partial charge in [0.25, 0.3) is 11.6 Å². The summed E-state index contributed by atoms with van der Waals surface area (Å²) in [5.74, 6) is -1.77. The van der Waals surface area contributed by atoms with Gasteiger partial charge in [-0.25, -0.2) is 4.39 Å². The number of rotatable bonds is 2. The third kappa shape index (κ3) is 2.63. The molecular formula is C13H12F4N2O2. The van der Waals surface area contributed by atoms with Gasteiger partial charge in [-0.2, -0.15) is 23.3 Å². The first kappa shape index (κ1) is 15.4. The average molecular weight is 304 g/mol. The lowest BCUT2D eigenvalue weighted by Crippen LogP contribution is -2.56. The van der Waals surface area contributed by atoms with E-state index in [1.165, 1.54) is 0 Å². The van der Waals surface area contributed by atoms with E-state index >= 15 is 0 Å². The van der Waals surface area contributed by atoms with Crippen molar-refractivity contribution in [2.45, 2.75) is 31.7 Å². The Morgan fingerprint density at radius 1 is 1.38 bits per heavy atom. The molecule has 1 aliphatic rings. The highest BCUT2D eigenvalue weighted by atomic mass is 19.4. The topological polar surface area (TPSA) is 52.9 Å². The number of hydrogen-bond acceptors (Lipinski definition) is 3. The normalized spacial score (nSPS) is 22.4. The fourth-order valence-electron chi connectivity index (χ4n) is 1.96. The highest BCUT2D eigenvalue weighted by Crippen LogP contribution is 2.41. The number of alkyl halides is 3. The van der Waals surface area contributed by atoms with Crippen molar-refractivity contribution in [2.24, 2.45) is 5.10 Å². The number of carbonyl (C=O) groups is 1. The van der Waals surface area contributed by atoms with Crippen LogP contribution in [0, 0.1) is 5.82 Å². The number of halogens is 4. The third-order valence-corrected chi connectivity index (χ3v) is 3.19. The van der Waals surface area contributed by atoms with Gasteiger partial charge >= 0.3 is 6.18 Å². The van der Waals surface area contributed by atoms with Gasteiger partial charge in [0.1, 0.15) is 5.82 Å². The summed E-state index contributed by atoms with van der Waals surface area (Å²) >= 11 is 0. The van der Waals surface area contributed by atoms with Crippen molar-refractivity contribution in [3.63, 3.8) is 0 Å². The summed E-state index contributed by atoms with van der Waals surface area (Å²) in [6, 6.07) is 3.96. The highest BCUT2D eigenvalue weighted by molar-refractivity contribution is 5.98. The first-order valence-electron chi connectivity index (χ1n) is 6.14. The molecule has 4 nitrogen and oxygen atoms in total. The summed E-state index contributed by atoms with van der Waals surface area (Å²) in [6.45, 7) is 1.57. The van der Waals surface area contributed by atoms with Gasteiger partial charge in [-0.1, -0.05) is 6.92 Å². The maximum Gasteiger partial charge on any atom is 0.438 e. The molecule has 21 heavy (non-hydrogen) atoms. The molecule has 2 rings (SSSR count). The Labute approximate surface area is 117 Å². The van der Waals surface area contributed by atoms with Gasteiger partial charge in [-0.3, -0.25) is 4.79 Å². The Kier molecular flexibility index (Phi) is 3.75. The standard InChI is InChI=1S/C13H12F4N2O2/c1-2-10-7-12(21,13(15,16)17)19(18-10)11(20)8-3-5-9(14)6-4-8/h3-6,21H,2,7H2,1H3/t12-/m0/s1. The van der Waals surface area contributed by atoms with Crippen LogP contribution in [0.4, 0.5) is 17.6 Å². The second kappa shape index (κ2) is 5.10. The molecule has 8 heteroatoms. The molecule has 0 saturated heterocycles. The van der Waals surface area contributed by atoms with E-state index in [1.54, 1.807) is 6.92 Å². The van der Waals surface area contributed by atoms with Crippen molar-refractivity contribution in [1.29, 1.82) is 0 Å². The first-order chi connectivity index (χ1) is 9.69. The highest BCUT2D eigenvalue weighted by Gasteiger charge is 2.63. The van der Waals surface area contributed by atoms with Crippen molar-refractivity contribution in [3.05, 3.63) is 35.6 Å². The summed E-state index contributed by atoms with van der Waals surface area (Å²) in [5.41, 5.74) is -3.51. The zero-order valence-corrected chi connectivity index (χ0v) is 11.0. The number of amides is 1. The van der Waals surface area contributed by atoms with Crippen molar-refractivity contribution < 1.29 is 27.5 Å². The lowest BCUT2D eigenvalue weighted by atomic mass is 10.0. The molecule has 1 aliphatic heterocycles. The summed E-state index contributed by atoms with van der Waals surface area (Å²) in [7, 11) is 0. The van der Waals surface area contributed by atoms with Gasteiger partial charge in [-0.05, 0) is 30.7 Å². The van der Waals surface area contributed by atoms with Crippen molar-refractivity contribution >= 4 is 11.6 Å². The summed E-state index contributed by atoms with van der Waals surface area (Å²) < 4.78 is 52.0. The van der Waals surface area contributed by atoms with Crippen LogP contribution in [0.25, 0.3) is 0 Å². The number of aliphatic hydroxyl groups is 1. The molecule has 0 aliphatic carbocycles. The molecule has 1 amide bonds. The van der Waals surface area contributed by atoms with Gasteiger partial charge in [0.2, 0.25) is 0 Å². The van der Waals surface area contributed by atoms with Crippen molar-refractivity contribution in [2.75, 3.05) is 0 Å². The van der Waals surface area contributed by atoms with Gasteiger partial charge in [0, 0.05) is 17.7 Å². The van der Waals surface area contributed by atoms with E-state index in [0.717, 1.165) is 24.3 Å². The van der Waals surface area contributed by atoms with E-state index in [9.17, 15) is 27.5 Å². The van der Waals surface area contributed by atoms with E-state index in [4.69, 9.17) is 0 Å². The number of nitrogens with zero attached hydrogens (tertiary/aromatic N) is 2. The Bertz CT molecular complexity index is 583. The van der Waals surface area contributed by atoms with E-state index in [1.807, 2.05) is 0 Å². The van der Waals surface area contributed by atoms with Crippen molar-refractivity contribution in [1.82, 2.24) is 5.01 Å². The third-order valence-electron chi connectivity index (χ3n) is 3.19. The van der Waals surface area contributed by atoms with Crippen LogP contribution in [0.5, 0.6) is 0 Å². The summed E-state index contributed by atoms with van der Waals surface area (Å²) in [5, 5.41) is 13.5. The van der Waals surface area contributed by atoms with E-state index in [0.29, 0.717) is 0 Å². The smallest absolute Gasteiger partial charge is 0.362 e. The Balaban J connectivity index is 2.40. The molecule has 0 saturated carbocycles. The summed E-state index contributed by atoms with van der Waals surface area (Å²) in [4.78, 5) is 12.1. The predicted molar refractivity (Wildman–Crippen MR) is 65.9 cm³/mol. The van der Waals surface area contributed by atoms with Crippen LogP contribution in [-0.4, -0.2) is 33.6 Å². The molecular weight excluding hydrogens is 292 g/mol. The number of benzene rings is 1. The van der Waals surface area contributed by atoms with E-state index in [2.05, 4.69) is 5.10 Å². The zero-order chi connectivity index (χ0) is 15.8. The fourth-order valence-corrected chi connectivity index (χ4v) is 1.96. The lowest BCUT2D eigenvalue weighted by molar-refractivity contribution is -0.297. The second-order valence-electron chi connectivity index (χ2n) is 4.63. The van der Waals surface area contributed by atoms with Crippen LogP contribution in [-0.2, 0) is 0 Å². The van der Waals surface area contributed by atoms with Gasteiger partial charge in [-0.15, -0.1) is 0 Å². The molecule has 1 heterocycles. The van der Waals surface area contributed by atoms with Gasteiger partial charge in [0.05, 0.1) is 0 Å². The second-order valence-corrected chi connectivity index (χ2v) is 4.63. The lowest BCUT2D eigenvalue weighted by Gasteiger charge is -2.32. The van der Waals surface area contributed by atoms with Crippen molar-refractivity contribution in [3.8, 4) is 0 Å². The molecule has 0 aromatic heterocycles. The molecule has 0 bridgehead atoms. The molecule has 114 valence electrons. The Morgan fingerprint density at radius 2 is 1.95 bits per heavy atom. The number of hydrazone groups is 1. The van der Waals surface area contributed by atoms with E-state index in [-0.39, 0.29) is 22.7 Å². The van der Waals surface area contributed by atoms with Gasteiger partial charge in [0.15, 0.2) is 0 Å². The van der Waals surface area contributed by atoms with Crippen LogP contribution in [0.1, 0.15) is 30.1 Å². The van der Waals surface area contributed by atoms with Crippen LogP contribution in [0.15, 0.2) is 29.4 Å².